The molecule has 2 aliphatic rings. The lowest BCUT2D eigenvalue weighted by Gasteiger charge is -2.37. The maximum atomic E-state index is 13.0. The summed E-state index contributed by atoms with van der Waals surface area (Å²) in [6.07, 6.45) is 2.96. The van der Waals surface area contributed by atoms with Crippen LogP contribution in [0.25, 0.3) is 0 Å². The molecule has 0 spiro atoms. The van der Waals surface area contributed by atoms with E-state index in [1.165, 1.54) is 16.0 Å². The largest absolute Gasteiger partial charge is 0.335 e. The Labute approximate surface area is 167 Å². The molecule has 1 atom stereocenters. The first-order valence-corrected chi connectivity index (χ1v) is 10.1. The molecule has 1 N–H and O–H groups in total. The zero-order chi connectivity index (χ0) is 20.5. The fourth-order valence-corrected chi connectivity index (χ4v) is 4.19. The number of hydrogen-bond donors (Lipinski definition) is 1. The van der Waals surface area contributed by atoms with Gasteiger partial charge in [0.1, 0.15) is 6.54 Å². The summed E-state index contributed by atoms with van der Waals surface area (Å²) in [5, 5.41) is 2.28. The number of urea groups is 1. The van der Waals surface area contributed by atoms with Crippen molar-refractivity contribution in [1.82, 2.24) is 15.1 Å². The highest BCUT2D eigenvalue weighted by atomic mass is 16.2. The molecule has 2 aliphatic heterocycles. The van der Waals surface area contributed by atoms with Crippen LogP contribution in [0.1, 0.15) is 58.1 Å². The quantitative estimate of drug-likeness (QED) is 0.866. The van der Waals surface area contributed by atoms with Gasteiger partial charge in [0.25, 0.3) is 0 Å². The molecule has 0 radical (unpaired) electrons. The van der Waals surface area contributed by atoms with Crippen molar-refractivity contribution < 1.29 is 14.4 Å². The third-order valence-electron chi connectivity index (χ3n) is 5.92. The van der Waals surface area contributed by atoms with Gasteiger partial charge >= 0.3 is 6.03 Å². The number of likely N-dealkylation sites (tertiary alicyclic amines) is 1. The second-order valence-corrected chi connectivity index (χ2v) is 9.29. The maximum Gasteiger partial charge on any atom is 0.324 e. The van der Waals surface area contributed by atoms with Crippen LogP contribution < -0.4 is 5.32 Å². The van der Waals surface area contributed by atoms with E-state index in [1.54, 1.807) is 0 Å². The molecule has 6 nitrogen and oxygen atoms in total. The number of nitrogens with one attached hydrogen (secondary N) is 1. The van der Waals surface area contributed by atoms with Crippen molar-refractivity contribution in [2.24, 2.45) is 0 Å². The zero-order valence-corrected chi connectivity index (χ0v) is 17.4. The lowest BCUT2D eigenvalue weighted by Crippen LogP contribution is -2.55. The van der Waals surface area contributed by atoms with E-state index in [0.29, 0.717) is 13.1 Å². The van der Waals surface area contributed by atoms with E-state index in [4.69, 9.17) is 0 Å². The Morgan fingerprint density at radius 3 is 2.43 bits per heavy atom. The van der Waals surface area contributed by atoms with Gasteiger partial charge in [-0.15, -0.1) is 0 Å². The monoisotopic (exact) mass is 385 g/mol. The Kier molecular flexibility index (Phi) is 5.50. The van der Waals surface area contributed by atoms with Gasteiger partial charge in [0.05, 0.1) is 0 Å². The van der Waals surface area contributed by atoms with Crippen molar-refractivity contribution in [2.45, 2.75) is 64.3 Å². The highest BCUT2D eigenvalue weighted by Crippen LogP contribution is 2.33. The Morgan fingerprint density at radius 1 is 1.14 bits per heavy atom. The molecule has 0 aromatic heterocycles. The van der Waals surface area contributed by atoms with Gasteiger partial charge in [-0.05, 0) is 42.7 Å². The molecule has 0 aliphatic carbocycles. The predicted octanol–water partition coefficient (Wildman–Crippen LogP) is 2.85. The maximum absolute atomic E-state index is 13.0. The second kappa shape index (κ2) is 7.57. The van der Waals surface area contributed by atoms with Gasteiger partial charge in [-0.2, -0.15) is 0 Å². The number of amides is 4. The second-order valence-electron chi connectivity index (χ2n) is 9.29. The van der Waals surface area contributed by atoms with Crippen LogP contribution >= 0.6 is 0 Å². The Balaban J connectivity index is 1.67. The first kappa shape index (κ1) is 20.4. The molecule has 2 heterocycles. The van der Waals surface area contributed by atoms with Gasteiger partial charge < -0.3 is 9.80 Å². The van der Waals surface area contributed by atoms with Crippen molar-refractivity contribution in [3.63, 3.8) is 0 Å². The van der Waals surface area contributed by atoms with Crippen molar-refractivity contribution in [3.8, 4) is 0 Å². The van der Waals surface area contributed by atoms with Gasteiger partial charge in [0.2, 0.25) is 11.8 Å². The molecule has 3 rings (SSSR count). The summed E-state index contributed by atoms with van der Waals surface area (Å²) in [7, 11) is 0. The molecule has 2 fully saturated rings. The molecule has 4 amide bonds. The molecule has 1 aromatic rings. The summed E-state index contributed by atoms with van der Waals surface area (Å²) in [4.78, 5) is 39.6. The molecular weight excluding hydrogens is 354 g/mol. The first-order chi connectivity index (χ1) is 13.1. The number of carbonyl (C=O) groups excluding carboxylic acids is 3. The van der Waals surface area contributed by atoms with Gasteiger partial charge in [-0.1, -0.05) is 45.0 Å². The minimum Gasteiger partial charge on any atom is -0.335 e. The van der Waals surface area contributed by atoms with Gasteiger partial charge in [-0.3, -0.25) is 14.9 Å². The molecule has 152 valence electrons. The fourth-order valence-electron chi connectivity index (χ4n) is 4.19. The summed E-state index contributed by atoms with van der Waals surface area (Å²) < 4.78 is 0. The molecule has 0 saturated carbocycles. The van der Waals surface area contributed by atoms with Crippen LogP contribution in [0.15, 0.2) is 24.3 Å². The highest BCUT2D eigenvalue weighted by Gasteiger charge is 2.40. The number of imide groups is 1. The molecule has 2 saturated heterocycles. The van der Waals surface area contributed by atoms with E-state index in [-0.39, 0.29) is 35.7 Å². The highest BCUT2D eigenvalue weighted by molar-refractivity contribution is 5.98. The number of hydrogen-bond acceptors (Lipinski definition) is 3. The van der Waals surface area contributed by atoms with E-state index >= 15 is 0 Å². The SMILES string of the molecule is CC(C)(C)c1ccc(CC2(C)CCCN2C(=O)CN2CCC(=O)NC2=O)cc1. The van der Waals surface area contributed by atoms with Crippen molar-refractivity contribution >= 4 is 17.8 Å². The minimum atomic E-state index is -0.469. The third-order valence-corrected chi connectivity index (χ3v) is 5.92. The van der Waals surface area contributed by atoms with E-state index < -0.39 is 6.03 Å². The van der Waals surface area contributed by atoms with Gasteiger partial charge in [0.15, 0.2) is 0 Å². The van der Waals surface area contributed by atoms with E-state index in [0.717, 1.165) is 19.3 Å². The summed E-state index contributed by atoms with van der Waals surface area (Å²) in [6, 6.07) is 8.21. The summed E-state index contributed by atoms with van der Waals surface area (Å²) >= 11 is 0. The predicted molar refractivity (Wildman–Crippen MR) is 108 cm³/mol. The van der Waals surface area contributed by atoms with Crippen LogP contribution in [0.3, 0.4) is 0 Å². The lowest BCUT2D eigenvalue weighted by atomic mass is 9.85. The normalized spacial score (nSPS) is 23.1. The summed E-state index contributed by atoms with van der Waals surface area (Å²) in [6.45, 7) is 9.77. The van der Waals surface area contributed by atoms with Crippen LogP contribution in [0.4, 0.5) is 4.79 Å². The Bertz CT molecular complexity index is 766. The smallest absolute Gasteiger partial charge is 0.324 e. The van der Waals surface area contributed by atoms with Crippen molar-refractivity contribution in [3.05, 3.63) is 35.4 Å². The third kappa shape index (κ3) is 4.37. The molecule has 1 unspecified atom stereocenters. The van der Waals surface area contributed by atoms with Crippen molar-refractivity contribution in [2.75, 3.05) is 19.6 Å². The van der Waals surface area contributed by atoms with Crippen LogP contribution in [0.5, 0.6) is 0 Å². The van der Waals surface area contributed by atoms with Gasteiger partial charge in [0, 0.05) is 25.0 Å². The molecular formula is C22H31N3O3. The zero-order valence-electron chi connectivity index (χ0n) is 17.4. The van der Waals surface area contributed by atoms with Crippen molar-refractivity contribution in [1.29, 1.82) is 0 Å². The molecule has 28 heavy (non-hydrogen) atoms. The number of carbonyl (C=O) groups is 3. The minimum absolute atomic E-state index is 0.0255. The standard InChI is InChI=1S/C22H31N3O3/c1-21(2,3)17-8-6-16(7-9-17)14-22(4)11-5-12-25(22)19(27)15-24-13-10-18(26)23-20(24)28/h6-9H,5,10-15H2,1-4H3,(H,23,26,28). The first-order valence-electron chi connectivity index (χ1n) is 10.1. The van der Waals surface area contributed by atoms with Crippen LogP contribution in [0.2, 0.25) is 0 Å². The fraction of sp³-hybridized carbons (Fsp3) is 0.591. The number of rotatable bonds is 4. The van der Waals surface area contributed by atoms with Gasteiger partial charge in [-0.25, -0.2) is 4.79 Å². The summed E-state index contributed by atoms with van der Waals surface area (Å²) in [5.41, 5.74) is 2.39. The molecule has 0 bridgehead atoms. The average Bonchev–Trinajstić information content (AvgIpc) is 2.98. The lowest BCUT2D eigenvalue weighted by molar-refractivity contribution is -0.136. The van der Waals surface area contributed by atoms with Crippen LogP contribution in [-0.2, 0) is 21.4 Å². The number of nitrogens with zero attached hydrogens (tertiary/aromatic N) is 2. The molecule has 6 heteroatoms. The van der Waals surface area contributed by atoms with Crippen LogP contribution in [-0.4, -0.2) is 52.8 Å². The molecule has 1 aromatic carbocycles. The topological polar surface area (TPSA) is 69.7 Å². The summed E-state index contributed by atoms with van der Waals surface area (Å²) in [5.74, 6) is -0.325. The van der Waals surface area contributed by atoms with E-state index in [9.17, 15) is 14.4 Å². The van der Waals surface area contributed by atoms with Crippen LogP contribution in [0, 0.1) is 0 Å². The van der Waals surface area contributed by atoms with E-state index in [1.807, 2.05) is 4.90 Å². The average molecular weight is 386 g/mol. The van der Waals surface area contributed by atoms with E-state index in [2.05, 4.69) is 57.3 Å². The Morgan fingerprint density at radius 2 is 1.82 bits per heavy atom. The number of benzene rings is 1. The Hall–Kier alpha value is -2.37.